The molecule has 1 unspecified atom stereocenters. The van der Waals surface area contributed by atoms with Gasteiger partial charge in [-0.3, -0.25) is 0 Å². The van der Waals surface area contributed by atoms with Gasteiger partial charge in [-0.05, 0) is 53.9 Å². The fourth-order valence-corrected chi connectivity index (χ4v) is 3.94. The number of nitrogens with two attached hydrogens (primary N) is 2. The van der Waals surface area contributed by atoms with Crippen LogP contribution in [0.5, 0.6) is 17.2 Å². The molecule has 1 aromatic heterocycles. The van der Waals surface area contributed by atoms with Gasteiger partial charge in [-0.15, -0.1) is 11.3 Å². The summed E-state index contributed by atoms with van der Waals surface area (Å²) in [5.74, 6) is 2.31. The summed E-state index contributed by atoms with van der Waals surface area (Å²) in [6, 6.07) is 23.6. The average Bonchev–Trinajstić information content (AvgIpc) is 3.21. The van der Waals surface area contributed by atoms with Gasteiger partial charge >= 0.3 is 0 Å². The first kappa shape index (κ1) is 19.8. The molecule has 1 atom stereocenters. The number of methoxy groups -OCH3 is 1. The van der Waals surface area contributed by atoms with Crippen LogP contribution in [0, 0.1) is 0 Å². The van der Waals surface area contributed by atoms with Crippen molar-refractivity contribution in [3.63, 3.8) is 0 Å². The van der Waals surface area contributed by atoms with Crippen molar-refractivity contribution < 1.29 is 9.47 Å². The van der Waals surface area contributed by atoms with Crippen LogP contribution in [0.4, 0.5) is 10.8 Å². The van der Waals surface area contributed by atoms with Crippen molar-refractivity contribution in [1.29, 1.82) is 0 Å². The normalized spacial score (nSPS) is 11.8. The lowest BCUT2D eigenvalue weighted by molar-refractivity contribution is 0.414. The predicted octanol–water partition coefficient (Wildman–Crippen LogP) is 5.48. The van der Waals surface area contributed by atoms with Gasteiger partial charge in [0.1, 0.15) is 17.2 Å². The second kappa shape index (κ2) is 8.88. The van der Waals surface area contributed by atoms with Gasteiger partial charge in [-0.25, -0.2) is 4.98 Å². The molecule has 0 aliphatic heterocycles. The van der Waals surface area contributed by atoms with E-state index in [2.05, 4.69) is 29.2 Å². The number of rotatable bonds is 7. The Hall–Kier alpha value is -3.51. The van der Waals surface area contributed by atoms with Gasteiger partial charge in [-0.1, -0.05) is 36.4 Å². The van der Waals surface area contributed by atoms with Gasteiger partial charge in [-0.2, -0.15) is 0 Å². The standard InChI is InChI=1S/C24H23N3O2S/c1-28-18-10-6-16(7-11-18)14-20(22-15-30-24(26)27-22)17-8-12-19(13-9-17)29-23-5-3-2-4-21(23)25/h2-13,15,20H,14,25H2,1H3,(H2,26,27). The molecule has 0 bridgehead atoms. The van der Waals surface area contributed by atoms with E-state index in [1.54, 1.807) is 7.11 Å². The first-order valence-corrected chi connectivity index (χ1v) is 10.5. The van der Waals surface area contributed by atoms with E-state index in [0.717, 1.165) is 29.2 Å². The summed E-state index contributed by atoms with van der Waals surface area (Å²) in [5.41, 5.74) is 15.8. The number of aromatic nitrogens is 1. The van der Waals surface area contributed by atoms with Gasteiger partial charge < -0.3 is 20.9 Å². The molecule has 0 aliphatic rings. The Kier molecular flexibility index (Phi) is 5.86. The maximum absolute atomic E-state index is 5.98. The smallest absolute Gasteiger partial charge is 0.180 e. The van der Waals surface area contributed by atoms with Crippen LogP contribution in [0.25, 0.3) is 0 Å². The van der Waals surface area contributed by atoms with Crippen molar-refractivity contribution in [2.24, 2.45) is 0 Å². The number of ether oxygens (including phenoxy) is 2. The zero-order chi connectivity index (χ0) is 20.9. The monoisotopic (exact) mass is 417 g/mol. The minimum Gasteiger partial charge on any atom is -0.497 e. The van der Waals surface area contributed by atoms with Gasteiger partial charge in [0.2, 0.25) is 0 Å². The van der Waals surface area contributed by atoms with Crippen LogP contribution in [-0.4, -0.2) is 12.1 Å². The van der Waals surface area contributed by atoms with E-state index in [1.165, 1.54) is 16.9 Å². The molecule has 4 aromatic rings. The summed E-state index contributed by atoms with van der Waals surface area (Å²) in [4.78, 5) is 4.54. The predicted molar refractivity (Wildman–Crippen MR) is 122 cm³/mol. The van der Waals surface area contributed by atoms with Gasteiger partial charge in [0.05, 0.1) is 18.5 Å². The first-order valence-electron chi connectivity index (χ1n) is 9.58. The Morgan fingerprint density at radius 1 is 0.900 bits per heavy atom. The summed E-state index contributed by atoms with van der Waals surface area (Å²) in [5, 5.41) is 2.60. The van der Waals surface area contributed by atoms with E-state index in [0.29, 0.717) is 16.6 Å². The maximum Gasteiger partial charge on any atom is 0.180 e. The highest BCUT2D eigenvalue weighted by molar-refractivity contribution is 7.13. The van der Waals surface area contributed by atoms with Crippen molar-refractivity contribution in [1.82, 2.24) is 4.98 Å². The fraction of sp³-hybridized carbons (Fsp3) is 0.125. The molecular formula is C24H23N3O2S. The lowest BCUT2D eigenvalue weighted by Gasteiger charge is -2.17. The van der Waals surface area contributed by atoms with Crippen molar-refractivity contribution in [3.8, 4) is 17.2 Å². The van der Waals surface area contributed by atoms with Crippen LogP contribution in [0.2, 0.25) is 0 Å². The molecule has 152 valence electrons. The number of para-hydroxylation sites is 2. The molecule has 0 aliphatic carbocycles. The van der Waals surface area contributed by atoms with Crippen LogP contribution >= 0.6 is 11.3 Å². The molecule has 3 aromatic carbocycles. The molecule has 0 fully saturated rings. The zero-order valence-corrected chi connectivity index (χ0v) is 17.4. The van der Waals surface area contributed by atoms with Crippen molar-refractivity contribution in [2.75, 3.05) is 18.6 Å². The highest BCUT2D eigenvalue weighted by Gasteiger charge is 2.18. The number of nitrogens with zero attached hydrogens (tertiary/aromatic N) is 1. The van der Waals surface area contributed by atoms with Gasteiger partial charge in [0, 0.05) is 11.3 Å². The minimum atomic E-state index is 0.0859. The van der Waals surface area contributed by atoms with Crippen molar-refractivity contribution in [2.45, 2.75) is 12.3 Å². The average molecular weight is 418 g/mol. The van der Waals surface area contributed by atoms with Crippen molar-refractivity contribution in [3.05, 3.63) is 95.0 Å². The number of hydrogen-bond donors (Lipinski definition) is 2. The summed E-state index contributed by atoms with van der Waals surface area (Å²) < 4.78 is 11.2. The molecule has 0 saturated heterocycles. The SMILES string of the molecule is COc1ccc(CC(c2ccc(Oc3ccccc3N)cc2)c2csc(N)n2)cc1. The summed E-state index contributed by atoms with van der Waals surface area (Å²) in [7, 11) is 1.67. The fourth-order valence-electron chi connectivity index (χ4n) is 3.32. The third-order valence-electron chi connectivity index (χ3n) is 4.92. The summed E-state index contributed by atoms with van der Waals surface area (Å²) in [6.07, 6.45) is 0.805. The molecule has 30 heavy (non-hydrogen) atoms. The third kappa shape index (κ3) is 4.55. The quantitative estimate of drug-likeness (QED) is 0.389. The molecular weight excluding hydrogens is 394 g/mol. The molecule has 0 radical (unpaired) electrons. The van der Waals surface area contributed by atoms with E-state index < -0.39 is 0 Å². The first-order chi connectivity index (χ1) is 14.6. The van der Waals surface area contributed by atoms with Crippen molar-refractivity contribution >= 4 is 22.2 Å². The molecule has 4 N–H and O–H groups in total. The van der Waals surface area contributed by atoms with E-state index in [1.807, 2.05) is 53.9 Å². The molecule has 0 saturated carbocycles. The highest BCUT2D eigenvalue weighted by atomic mass is 32.1. The molecule has 4 rings (SSSR count). The molecule has 1 heterocycles. The second-order valence-corrected chi connectivity index (χ2v) is 7.81. The van der Waals surface area contributed by atoms with Gasteiger partial charge in [0.15, 0.2) is 5.13 Å². The van der Waals surface area contributed by atoms with E-state index in [-0.39, 0.29) is 5.92 Å². The van der Waals surface area contributed by atoms with E-state index in [9.17, 15) is 0 Å². The number of hydrogen-bond acceptors (Lipinski definition) is 6. The second-order valence-electron chi connectivity index (χ2n) is 6.92. The number of anilines is 2. The number of benzene rings is 3. The zero-order valence-electron chi connectivity index (χ0n) is 16.6. The number of thiazole rings is 1. The lowest BCUT2D eigenvalue weighted by atomic mass is 9.89. The Bertz CT molecular complexity index is 1110. The highest BCUT2D eigenvalue weighted by Crippen LogP contribution is 2.33. The Morgan fingerprint density at radius 2 is 1.60 bits per heavy atom. The molecule has 0 spiro atoms. The van der Waals surface area contributed by atoms with Crippen LogP contribution in [0.3, 0.4) is 0 Å². The largest absolute Gasteiger partial charge is 0.497 e. The van der Waals surface area contributed by atoms with E-state index in [4.69, 9.17) is 20.9 Å². The topological polar surface area (TPSA) is 83.4 Å². The van der Waals surface area contributed by atoms with Crippen LogP contribution in [0.15, 0.2) is 78.2 Å². The Labute approximate surface area is 179 Å². The number of nitrogen functional groups attached to an aromatic ring is 2. The molecule has 6 heteroatoms. The van der Waals surface area contributed by atoms with Crippen LogP contribution in [0.1, 0.15) is 22.7 Å². The summed E-state index contributed by atoms with van der Waals surface area (Å²) in [6.45, 7) is 0. The Morgan fingerprint density at radius 3 is 2.23 bits per heavy atom. The maximum atomic E-state index is 5.98. The lowest BCUT2D eigenvalue weighted by Crippen LogP contribution is -2.06. The molecule has 5 nitrogen and oxygen atoms in total. The molecule has 0 amide bonds. The van der Waals surface area contributed by atoms with Crippen LogP contribution < -0.4 is 20.9 Å². The van der Waals surface area contributed by atoms with E-state index >= 15 is 0 Å². The van der Waals surface area contributed by atoms with Gasteiger partial charge in [0.25, 0.3) is 0 Å². The van der Waals surface area contributed by atoms with Crippen LogP contribution in [-0.2, 0) is 6.42 Å². The third-order valence-corrected chi connectivity index (χ3v) is 5.62. The minimum absolute atomic E-state index is 0.0859. The Balaban J connectivity index is 1.59. The summed E-state index contributed by atoms with van der Waals surface area (Å²) >= 11 is 1.46.